The Morgan fingerprint density at radius 3 is 2.58 bits per heavy atom. The Hall–Kier alpha value is -1.40. The van der Waals surface area contributed by atoms with Crippen molar-refractivity contribution in [3.63, 3.8) is 0 Å². The fraction of sp³-hybridized carbons (Fsp3) is 0.476. The Bertz CT molecular complexity index is 874. The summed E-state index contributed by atoms with van der Waals surface area (Å²) in [7, 11) is 0.0891. The molecular formula is C21H30N4S. The van der Waals surface area contributed by atoms with Crippen LogP contribution in [0.2, 0.25) is 0 Å². The molecule has 2 aromatic carbocycles. The van der Waals surface area contributed by atoms with Crippen molar-refractivity contribution in [1.29, 1.82) is 0 Å². The van der Waals surface area contributed by atoms with E-state index >= 15 is 0 Å². The normalized spacial score (nSPS) is 23.4. The topological polar surface area (TPSA) is 30.5 Å². The zero-order chi connectivity index (χ0) is 18.4. The molecule has 4 rings (SSSR count). The lowest BCUT2D eigenvalue weighted by Crippen LogP contribution is -2.43. The number of hydrogen-bond donors (Lipinski definition) is 2. The van der Waals surface area contributed by atoms with E-state index in [9.17, 15) is 0 Å². The highest BCUT2D eigenvalue weighted by atomic mass is 32.2. The van der Waals surface area contributed by atoms with Gasteiger partial charge >= 0.3 is 0 Å². The summed E-state index contributed by atoms with van der Waals surface area (Å²) in [5.74, 6) is 1.68. The summed E-state index contributed by atoms with van der Waals surface area (Å²) < 4.78 is 0. The summed E-state index contributed by atoms with van der Waals surface area (Å²) in [5.41, 5.74) is 10.1. The number of rotatable bonds is 4. The highest BCUT2D eigenvalue weighted by Crippen LogP contribution is 2.45. The fourth-order valence-corrected chi connectivity index (χ4v) is 6.20. The van der Waals surface area contributed by atoms with Crippen LogP contribution < -0.4 is 10.9 Å². The van der Waals surface area contributed by atoms with E-state index in [-0.39, 0.29) is 10.5 Å². The zero-order valence-electron chi connectivity index (χ0n) is 16.5. The van der Waals surface area contributed by atoms with Gasteiger partial charge in [0.05, 0.1) is 11.9 Å². The number of nitrogens with zero attached hydrogens (tertiary/aromatic N) is 2. The van der Waals surface area contributed by atoms with Crippen molar-refractivity contribution in [3.05, 3.63) is 35.9 Å². The van der Waals surface area contributed by atoms with Gasteiger partial charge in [-0.3, -0.25) is 0 Å². The van der Waals surface area contributed by atoms with Crippen LogP contribution in [0, 0.1) is 0 Å². The van der Waals surface area contributed by atoms with Gasteiger partial charge in [0.15, 0.2) is 0 Å². The Balaban J connectivity index is 1.92. The first-order valence-electron chi connectivity index (χ1n) is 9.83. The summed E-state index contributed by atoms with van der Waals surface area (Å²) in [6.07, 6.45) is 1.37. The molecule has 0 aromatic heterocycles. The molecule has 2 aliphatic heterocycles. The van der Waals surface area contributed by atoms with Gasteiger partial charge in [-0.15, -0.1) is 10.5 Å². The highest BCUT2D eigenvalue weighted by Gasteiger charge is 2.39. The molecule has 2 aromatic rings. The molecule has 4 nitrogen and oxygen atoms in total. The average Bonchev–Trinajstić information content (AvgIpc) is 3.03. The van der Waals surface area contributed by atoms with Crippen LogP contribution in [0.3, 0.4) is 0 Å². The van der Waals surface area contributed by atoms with E-state index in [1.807, 2.05) is 0 Å². The van der Waals surface area contributed by atoms with Gasteiger partial charge in [-0.05, 0) is 35.1 Å². The number of benzene rings is 2. The van der Waals surface area contributed by atoms with Crippen molar-refractivity contribution < 1.29 is 0 Å². The second-order valence-electron chi connectivity index (χ2n) is 7.32. The van der Waals surface area contributed by atoms with Crippen LogP contribution in [0.5, 0.6) is 0 Å². The number of nitrogens with one attached hydrogen (secondary N) is 2. The Labute approximate surface area is 159 Å². The molecule has 0 spiro atoms. The van der Waals surface area contributed by atoms with Gasteiger partial charge in [0.1, 0.15) is 5.11 Å². The smallest absolute Gasteiger partial charge is 0.127 e. The van der Waals surface area contributed by atoms with Crippen molar-refractivity contribution in [2.75, 3.05) is 17.7 Å². The molecule has 26 heavy (non-hydrogen) atoms. The lowest BCUT2D eigenvalue weighted by Gasteiger charge is -2.34. The molecule has 2 N–H and O–H groups in total. The highest BCUT2D eigenvalue weighted by molar-refractivity contribution is 8.16. The average molecular weight is 371 g/mol. The van der Waals surface area contributed by atoms with E-state index in [2.05, 4.69) is 85.8 Å². The molecule has 0 radical (unpaired) electrons. The van der Waals surface area contributed by atoms with Gasteiger partial charge in [-0.1, -0.05) is 58.9 Å². The summed E-state index contributed by atoms with van der Waals surface area (Å²) in [5, 5.41) is 8.78. The van der Waals surface area contributed by atoms with Crippen LogP contribution in [0.25, 0.3) is 10.8 Å². The molecule has 0 saturated carbocycles. The minimum Gasteiger partial charge on any atom is -0.310 e. The Morgan fingerprint density at radius 2 is 1.92 bits per heavy atom. The quantitative estimate of drug-likeness (QED) is 0.748. The first kappa shape index (κ1) is 18.0. The predicted molar refractivity (Wildman–Crippen MR) is 114 cm³/mol. The third-order valence-electron chi connectivity index (χ3n) is 5.44. The molecule has 5 heteroatoms. The third-order valence-corrected chi connectivity index (χ3v) is 7.74. The van der Waals surface area contributed by atoms with Crippen molar-refractivity contribution in [2.45, 2.75) is 58.0 Å². The van der Waals surface area contributed by atoms with E-state index < -0.39 is 0 Å². The van der Waals surface area contributed by atoms with Gasteiger partial charge < -0.3 is 5.43 Å². The molecule has 0 aliphatic carbocycles. The Kier molecular flexibility index (Phi) is 4.82. The van der Waals surface area contributed by atoms with Crippen LogP contribution in [-0.2, 0) is 0 Å². The zero-order valence-corrected chi connectivity index (χ0v) is 17.3. The van der Waals surface area contributed by atoms with Gasteiger partial charge in [-0.2, -0.15) is 10.0 Å². The molecule has 1 fully saturated rings. The standard InChI is InChI=1S/C21H30N4S/c1-6-19-22-24(7-2)21-25(19)23-20-17-11-9-15(14(4)5)13-16(17)10-12-18(20)26(21)8-3/h9-14,19,22-23H,6-8H2,1-5H3. The van der Waals surface area contributed by atoms with Crippen molar-refractivity contribution >= 4 is 32.1 Å². The Morgan fingerprint density at radius 1 is 1.12 bits per heavy atom. The van der Waals surface area contributed by atoms with E-state index in [0.717, 1.165) is 18.7 Å². The van der Waals surface area contributed by atoms with E-state index in [0.29, 0.717) is 12.1 Å². The number of hydrogen-bond acceptors (Lipinski definition) is 4. The largest absolute Gasteiger partial charge is 0.310 e. The molecule has 2 unspecified atom stereocenters. The summed E-state index contributed by atoms with van der Waals surface area (Å²) in [6, 6.07) is 11.6. The molecule has 0 amide bonds. The fourth-order valence-electron chi connectivity index (χ4n) is 3.95. The SMILES string of the molecule is CCC1NN(CC)C2=S(CC)c3ccc4cc(C(C)C)ccc4c3NN21. The summed E-state index contributed by atoms with van der Waals surface area (Å²) in [6.45, 7) is 12.3. The minimum absolute atomic E-state index is 0.0891. The van der Waals surface area contributed by atoms with E-state index in [4.69, 9.17) is 0 Å². The predicted octanol–water partition coefficient (Wildman–Crippen LogP) is 4.92. The first-order chi connectivity index (χ1) is 12.6. The second kappa shape index (κ2) is 6.97. The second-order valence-corrected chi connectivity index (χ2v) is 9.48. The molecule has 2 atom stereocenters. The van der Waals surface area contributed by atoms with Crippen molar-refractivity contribution in [2.24, 2.45) is 0 Å². The van der Waals surface area contributed by atoms with Crippen molar-refractivity contribution in [1.82, 2.24) is 15.4 Å². The van der Waals surface area contributed by atoms with Gasteiger partial charge in [-0.25, -0.2) is 5.43 Å². The van der Waals surface area contributed by atoms with Crippen LogP contribution in [0.1, 0.15) is 52.5 Å². The molecule has 0 bridgehead atoms. The maximum Gasteiger partial charge on any atom is 0.127 e. The van der Waals surface area contributed by atoms with Crippen LogP contribution >= 0.6 is 10.5 Å². The lowest BCUT2D eigenvalue weighted by atomic mass is 9.98. The van der Waals surface area contributed by atoms with Gasteiger partial charge in [0.25, 0.3) is 0 Å². The van der Waals surface area contributed by atoms with Crippen LogP contribution in [-0.4, -0.2) is 33.6 Å². The van der Waals surface area contributed by atoms with E-state index in [1.165, 1.54) is 32.0 Å². The summed E-state index contributed by atoms with van der Waals surface area (Å²) >= 11 is 0. The minimum atomic E-state index is 0.0891. The number of fused-ring (bicyclic) bond motifs is 4. The molecular weight excluding hydrogens is 340 g/mol. The molecule has 2 aliphatic rings. The monoisotopic (exact) mass is 370 g/mol. The number of anilines is 1. The van der Waals surface area contributed by atoms with Gasteiger partial charge in [0.2, 0.25) is 0 Å². The number of hydrazine groups is 2. The van der Waals surface area contributed by atoms with Crippen LogP contribution in [0.15, 0.2) is 35.2 Å². The molecule has 140 valence electrons. The molecule has 1 saturated heterocycles. The van der Waals surface area contributed by atoms with Crippen molar-refractivity contribution in [3.8, 4) is 0 Å². The van der Waals surface area contributed by atoms with Gasteiger partial charge in [0, 0.05) is 16.8 Å². The maximum atomic E-state index is 3.78. The lowest BCUT2D eigenvalue weighted by molar-refractivity contribution is 0.273. The third kappa shape index (κ3) is 2.69. The van der Waals surface area contributed by atoms with Crippen LogP contribution in [0.4, 0.5) is 5.69 Å². The van der Waals surface area contributed by atoms with E-state index in [1.54, 1.807) is 0 Å². The molecule has 2 heterocycles. The first-order valence-corrected chi connectivity index (χ1v) is 11.2. The maximum absolute atomic E-state index is 3.78. The summed E-state index contributed by atoms with van der Waals surface area (Å²) in [4.78, 5) is 1.44.